The van der Waals surface area contributed by atoms with Crippen LogP contribution in [0.1, 0.15) is 38.7 Å². The molecule has 1 rings (SSSR count). The minimum Gasteiger partial charge on any atom is -0.490 e. The van der Waals surface area contributed by atoms with Gasteiger partial charge in [0.1, 0.15) is 0 Å². The van der Waals surface area contributed by atoms with Crippen LogP contribution in [0.3, 0.4) is 0 Å². The largest absolute Gasteiger partial charge is 0.490 e. The zero-order valence-electron chi connectivity index (χ0n) is 13.0. The molecule has 0 spiro atoms. The van der Waals surface area contributed by atoms with Gasteiger partial charge in [-0.25, -0.2) is 0 Å². The number of aliphatic hydroxyl groups is 1. The average molecular weight is 360 g/mol. The molecule has 5 heteroatoms. The van der Waals surface area contributed by atoms with E-state index in [1.54, 1.807) is 0 Å². The molecule has 1 aromatic rings. The van der Waals surface area contributed by atoms with Crippen molar-refractivity contribution in [2.45, 2.75) is 39.7 Å². The van der Waals surface area contributed by atoms with E-state index in [2.05, 4.69) is 34.2 Å². The van der Waals surface area contributed by atoms with Crippen molar-refractivity contribution in [3.05, 3.63) is 22.2 Å². The number of benzene rings is 1. The molecule has 120 valence electrons. The van der Waals surface area contributed by atoms with Gasteiger partial charge in [0.15, 0.2) is 11.5 Å². The van der Waals surface area contributed by atoms with E-state index in [0.717, 1.165) is 48.3 Å². The van der Waals surface area contributed by atoms with E-state index in [4.69, 9.17) is 14.6 Å². The summed E-state index contributed by atoms with van der Waals surface area (Å²) in [6.07, 6.45) is 2.69. The summed E-state index contributed by atoms with van der Waals surface area (Å²) in [7, 11) is 0. The van der Waals surface area contributed by atoms with Gasteiger partial charge in [0, 0.05) is 13.2 Å². The Kier molecular flexibility index (Phi) is 9.46. The molecule has 0 heterocycles. The molecule has 21 heavy (non-hydrogen) atoms. The second-order valence-electron chi connectivity index (χ2n) is 4.79. The fourth-order valence-electron chi connectivity index (χ4n) is 1.92. The van der Waals surface area contributed by atoms with Gasteiger partial charge in [-0.3, -0.25) is 0 Å². The SMILES string of the molecule is CCCNCc1cc(Br)c(OCCCCO)c(OCC)c1. The molecule has 0 aromatic heterocycles. The third-order valence-corrected chi connectivity index (χ3v) is 3.51. The predicted molar refractivity (Wildman–Crippen MR) is 89.1 cm³/mol. The van der Waals surface area contributed by atoms with Crippen LogP contribution in [0, 0.1) is 0 Å². The molecule has 2 N–H and O–H groups in total. The standard InChI is InChI=1S/C16H26BrNO3/c1-3-7-18-12-13-10-14(17)16(15(11-13)20-4-2)21-9-6-5-8-19/h10-11,18-19H,3-9,12H2,1-2H3. The Morgan fingerprint density at radius 2 is 2.00 bits per heavy atom. The van der Waals surface area contributed by atoms with Gasteiger partial charge in [-0.1, -0.05) is 6.92 Å². The number of unbranched alkanes of at least 4 members (excludes halogenated alkanes) is 1. The summed E-state index contributed by atoms with van der Waals surface area (Å²) >= 11 is 3.56. The molecule has 0 aliphatic heterocycles. The lowest BCUT2D eigenvalue weighted by atomic mass is 10.2. The van der Waals surface area contributed by atoms with Crippen molar-refractivity contribution in [2.75, 3.05) is 26.4 Å². The Balaban J connectivity index is 2.75. The van der Waals surface area contributed by atoms with Crippen molar-refractivity contribution in [1.82, 2.24) is 5.32 Å². The van der Waals surface area contributed by atoms with Gasteiger partial charge >= 0.3 is 0 Å². The highest BCUT2D eigenvalue weighted by molar-refractivity contribution is 9.10. The van der Waals surface area contributed by atoms with Crippen LogP contribution in [-0.2, 0) is 6.54 Å². The maximum absolute atomic E-state index is 8.80. The van der Waals surface area contributed by atoms with Crippen LogP contribution >= 0.6 is 15.9 Å². The minimum atomic E-state index is 0.199. The highest BCUT2D eigenvalue weighted by Crippen LogP contribution is 2.37. The first-order valence-corrected chi connectivity index (χ1v) is 8.41. The van der Waals surface area contributed by atoms with Gasteiger partial charge in [0.2, 0.25) is 0 Å². The van der Waals surface area contributed by atoms with Crippen molar-refractivity contribution in [2.24, 2.45) is 0 Å². The number of ether oxygens (including phenoxy) is 2. The summed E-state index contributed by atoms with van der Waals surface area (Å²) < 4.78 is 12.4. The maximum Gasteiger partial charge on any atom is 0.175 e. The smallest absolute Gasteiger partial charge is 0.175 e. The summed E-state index contributed by atoms with van der Waals surface area (Å²) in [5.74, 6) is 1.51. The lowest BCUT2D eigenvalue weighted by Crippen LogP contribution is -2.14. The lowest BCUT2D eigenvalue weighted by molar-refractivity contribution is 0.242. The number of hydrogen-bond donors (Lipinski definition) is 2. The molecule has 0 aliphatic carbocycles. The summed E-state index contributed by atoms with van der Waals surface area (Å²) in [6.45, 7) is 7.31. The molecule has 0 fully saturated rings. The second-order valence-corrected chi connectivity index (χ2v) is 5.65. The zero-order valence-corrected chi connectivity index (χ0v) is 14.5. The lowest BCUT2D eigenvalue weighted by Gasteiger charge is -2.15. The van der Waals surface area contributed by atoms with Gasteiger partial charge in [-0.2, -0.15) is 0 Å². The Morgan fingerprint density at radius 1 is 1.19 bits per heavy atom. The van der Waals surface area contributed by atoms with E-state index in [1.165, 1.54) is 5.56 Å². The molecule has 0 radical (unpaired) electrons. The summed E-state index contributed by atoms with van der Waals surface area (Å²) in [5.41, 5.74) is 1.17. The molecule has 0 saturated heterocycles. The van der Waals surface area contributed by atoms with E-state index in [1.807, 2.05) is 13.0 Å². The average Bonchev–Trinajstić information content (AvgIpc) is 2.46. The van der Waals surface area contributed by atoms with Crippen molar-refractivity contribution in [1.29, 1.82) is 0 Å². The molecule has 0 atom stereocenters. The monoisotopic (exact) mass is 359 g/mol. The molecule has 0 bridgehead atoms. The molecule has 0 aliphatic rings. The highest BCUT2D eigenvalue weighted by atomic mass is 79.9. The van der Waals surface area contributed by atoms with Crippen LogP contribution in [0.2, 0.25) is 0 Å². The first-order valence-electron chi connectivity index (χ1n) is 7.62. The normalized spacial score (nSPS) is 10.7. The topological polar surface area (TPSA) is 50.7 Å². The van der Waals surface area contributed by atoms with Crippen LogP contribution < -0.4 is 14.8 Å². The first-order chi connectivity index (χ1) is 10.2. The molecule has 0 amide bonds. The fourth-order valence-corrected chi connectivity index (χ4v) is 2.53. The summed E-state index contributed by atoms with van der Waals surface area (Å²) in [6, 6.07) is 4.09. The highest BCUT2D eigenvalue weighted by Gasteiger charge is 2.12. The van der Waals surface area contributed by atoms with Crippen LogP contribution in [0.4, 0.5) is 0 Å². The van der Waals surface area contributed by atoms with Gasteiger partial charge in [0.05, 0.1) is 17.7 Å². The van der Waals surface area contributed by atoms with Gasteiger partial charge < -0.3 is 19.9 Å². The number of hydrogen-bond acceptors (Lipinski definition) is 4. The first kappa shape index (κ1) is 18.3. The molecule has 0 unspecified atom stereocenters. The van der Waals surface area contributed by atoms with Crippen LogP contribution in [-0.4, -0.2) is 31.5 Å². The van der Waals surface area contributed by atoms with Crippen molar-refractivity contribution in [3.8, 4) is 11.5 Å². The number of rotatable bonds is 11. The maximum atomic E-state index is 8.80. The Hall–Kier alpha value is -0.780. The zero-order chi connectivity index (χ0) is 15.5. The molecular weight excluding hydrogens is 334 g/mol. The molecular formula is C16H26BrNO3. The van der Waals surface area contributed by atoms with Crippen molar-refractivity contribution < 1.29 is 14.6 Å². The van der Waals surface area contributed by atoms with Crippen molar-refractivity contribution >= 4 is 15.9 Å². The predicted octanol–water partition coefficient (Wildman–Crippen LogP) is 3.50. The van der Waals surface area contributed by atoms with Gasteiger partial charge in [0.25, 0.3) is 0 Å². The molecule has 1 aromatic carbocycles. The van der Waals surface area contributed by atoms with Gasteiger partial charge in [-0.05, 0) is 66.4 Å². The van der Waals surface area contributed by atoms with Crippen molar-refractivity contribution in [3.63, 3.8) is 0 Å². The number of aliphatic hydroxyl groups excluding tert-OH is 1. The van der Waals surface area contributed by atoms with E-state index < -0.39 is 0 Å². The third-order valence-electron chi connectivity index (χ3n) is 2.92. The molecule has 0 saturated carbocycles. The summed E-state index contributed by atoms with van der Waals surface area (Å²) in [4.78, 5) is 0. The van der Waals surface area contributed by atoms with Gasteiger partial charge in [-0.15, -0.1) is 0 Å². The van der Waals surface area contributed by atoms with Crippen LogP contribution in [0.25, 0.3) is 0 Å². The molecule has 4 nitrogen and oxygen atoms in total. The Morgan fingerprint density at radius 3 is 2.67 bits per heavy atom. The second kappa shape index (κ2) is 10.9. The van der Waals surface area contributed by atoms with E-state index in [0.29, 0.717) is 13.2 Å². The Bertz CT molecular complexity index is 413. The summed E-state index contributed by atoms with van der Waals surface area (Å²) in [5, 5.41) is 12.2. The van der Waals surface area contributed by atoms with Crippen LogP contribution in [0.5, 0.6) is 11.5 Å². The quantitative estimate of drug-likeness (QED) is 0.593. The fraction of sp³-hybridized carbons (Fsp3) is 0.625. The Labute approximate surface area is 136 Å². The number of nitrogens with one attached hydrogen (secondary N) is 1. The van der Waals surface area contributed by atoms with E-state index >= 15 is 0 Å². The third kappa shape index (κ3) is 6.68. The van der Waals surface area contributed by atoms with E-state index in [-0.39, 0.29) is 6.61 Å². The minimum absolute atomic E-state index is 0.199. The van der Waals surface area contributed by atoms with Crippen LogP contribution in [0.15, 0.2) is 16.6 Å². The number of halogens is 1. The van der Waals surface area contributed by atoms with E-state index in [9.17, 15) is 0 Å².